The van der Waals surface area contributed by atoms with E-state index < -0.39 is 0 Å². The van der Waals surface area contributed by atoms with E-state index in [0.29, 0.717) is 0 Å². The molecule has 0 aliphatic carbocycles. The van der Waals surface area contributed by atoms with Gasteiger partial charge in [0.1, 0.15) is 0 Å². The molecule has 26 heavy (non-hydrogen) atoms. The van der Waals surface area contributed by atoms with Crippen LogP contribution in [0.15, 0.2) is 24.3 Å². The predicted octanol–water partition coefficient (Wildman–Crippen LogP) is 5.75. The number of likely N-dealkylation sites (N-methyl/N-ethyl adjacent to an activating group) is 1. The van der Waals surface area contributed by atoms with Gasteiger partial charge >= 0.3 is 0 Å². The second kappa shape index (κ2) is 16.1. The van der Waals surface area contributed by atoms with Crippen molar-refractivity contribution in [2.45, 2.75) is 90.4 Å². The first-order valence-electron chi connectivity index (χ1n) is 10.8. The van der Waals surface area contributed by atoms with Crippen LogP contribution in [0.5, 0.6) is 0 Å². The summed E-state index contributed by atoms with van der Waals surface area (Å²) >= 11 is 0. The van der Waals surface area contributed by atoms with Crippen molar-refractivity contribution in [3.63, 3.8) is 0 Å². The van der Waals surface area contributed by atoms with Crippen molar-refractivity contribution in [2.75, 3.05) is 27.2 Å². The summed E-state index contributed by atoms with van der Waals surface area (Å²) in [5, 5.41) is 0. The summed E-state index contributed by atoms with van der Waals surface area (Å²) in [4.78, 5) is 11.6. The van der Waals surface area contributed by atoms with E-state index in [-0.39, 0.29) is 5.91 Å². The first-order valence-corrected chi connectivity index (χ1v) is 10.8. The summed E-state index contributed by atoms with van der Waals surface area (Å²) in [5.41, 5.74) is 6.34. The highest BCUT2D eigenvalue weighted by Crippen LogP contribution is 2.14. The molecule has 0 spiro atoms. The second-order valence-electron chi connectivity index (χ2n) is 8.32. The van der Waals surface area contributed by atoms with Crippen molar-refractivity contribution in [3.05, 3.63) is 24.3 Å². The number of carbonyl (C=O) groups excluding carboxylic acids is 1. The molecule has 0 radical (unpaired) electrons. The third-order valence-corrected chi connectivity index (χ3v) is 5.07. The SMILES string of the molecule is C=CC[N+](C)(C)CC=C(CCCCCCCCCCCCCC)C(N)=O. The minimum atomic E-state index is -0.258. The molecule has 1 amide bonds. The predicted molar refractivity (Wildman–Crippen MR) is 115 cm³/mol. The molecular weight excluding hydrogens is 320 g/mol. The third-order valence-electron chi connectivity index (χ3n) is 5.07. The van der Waals surface area contributed by atoms with Crippen molar-refractivity contribution in [1.29, 1.82) is 0 Å². The van der Waals surface area contributed by atoms with Crippen LogP contribution in [0, 0.1) is 0 Å². The molecule has 2 N–H and O–H groups in total. The standard InChI is InChI=1S/C23H44N2O/c1-5-7-8-9-10-11-12-13-14-15-16-17-18-22(23(24)26)19-21-25(3,4)20-6-2/h6,19H,2,5,7-18,20-21H2,1,3-4H3,(H-,24,26)/p+1. The molecule has 3 nitrogen and oxygen atoms in total. The number of nitrogens with zero attached hydrogens (tertiary/aromatic N) is 1. The first kappa shape index (κ1) is 24.9. The number of hydrogen-bond acceptors (Lipinski definition) is 1. The normalized spacial score (nSPS) is 12.3. The van der Waals surface area contributed by atoms with Gasteiger partial charge in [0.25, 0.3) is 0 Å². The van der Waals surface area contributed by atoms with Crippen LogP contribution >= 0.6 is 0 Å². The summed E-state index contributed by atoms with van der Waals surface area (Å²) in [6.07, 6.45) is 20.8. The number of unbranched alkanes of at least 4 members (excludes halogenated alkanes) is 11. The Balaban J connectivity index is 3.75. The Morgan fingerprint density at radius 3 is 1.73 bits per heavy atom. The van der Waals surface area contributed by atoms with E-state index >= 15 is 0 Å². The maximum absolute atomic E-state index is 11.6. The van der Waals surface area contributed by atoms with E-state index in [1.807, 2.05) is 12.2 Å². The number of carbonyl (C=O) groups is 1. The maximum atomic E-state index is 11.6. The van der Waals surface area contributed by atoms with Gasteiger partial charge in [0.2, 0.25) is 5.91 Å². The number of quaternary nitrogens is 1. The Morgan fingerprint density at radius 2 is 1.31 bits per heavy atom. The van der Waals surface area contributed by atoms with Crippen LogP contribution in [0.25, 0.3) is 0 Å². The van der Waals surface area contributed by atoms with Crippen LogP contribution in [0.3, 0.4) is 0 Å². The van der Waals surface area contributed by atoms with Crippen molar-refractivity contribution in [2.24, 2.45) is 5.73 Å². The Morgan fingerprint density at radius 1 is 0.846 bits per heavy atom. The van der Waals surface area contributed by atoms with E-state index in [0.717, 1.165) is 36.0 Å². The molecule has 0 unspecified atom stereocenters. The van der Waals surface area contributed by atoms with E-state index in [1.165, 1.54) is 70.6 Å². The highest BCUT2D eigenvalue weighted by Gasteiger charge is 2.12. The molecular formula is C23H45N2O+. The zero-order valence-electron chi connectivity index (χ0n) is 17.9. The van der Waals surface area contributed by atoms with Crippen LogP contribution < -0.4 is 5.73 Å². The topological polar surface area (TPSA) is 43.1 Å². The molecule has 0 aromatic heterocycles. The van der Waals surface area contributed by atoms with E-state index in [9.17, 15) is 4.79 Å². The minimum Gasteiger partial charge on any atom is -0.366 e. The van der Waals surface area contributed by atoms with Gasteiger partial charge in [-0.05, 0) is 25.0 Å². The number of primary amides is 1. The van der Waals surface area contributed by atoms with Crippen LogP contribution in [0.2, 0.25) is 0 Å². The largest absolute Gasteiger partial charge is 0.366 e. The van der Waals surface area contributed by atoms with Crippen LogP contribution in [-0.2, 0) is 4.79 Å². The minimum absolute atomic E-state index is 0.258. The molecule has 0 fully saturated rings. The Kier molecular flexibility index (Phi) is 15.4. The zero-order chi connectivity index (χ0) is 19.7. The molecule has 0 aromatic carbocycles. The van der Waals surface area contributed by atoms with Crippen LogP contribution in [-0.4, -0.2) is 37.6 Å². The van der Waals surface area contributed by atoms with Gasteiger partial charge in [0.05, 0.1) is 27.2 Å². The average molecular weight is 366 g/mol. The molecule has 152 valence electrons. The summed E-state index contributed by atoms with van der Waals surface area (Å²) in [5.74, 6) is -0.258. The zero-order valence-corrected chi connectivity index (χ0v) is 17.9. The second-order valence-corrected chi connectivity index (χ2v) is 8.32. The number of amides is 1. The highest BCUT2D eigenvalue weighted by molar-refractivity contribution is 5.91. The Hall–Kier alpha value is -1.09. The van der Waals surface area contributed by atoms with Crippen LogP contribution in [0.1, 0.15) is 90.4 Å². The number of rotatable bonds is 18. The smallest absolute Gasteiger partial charge is 0.244 e. The molecule has 0 aromatic rings. The Bertz CT molecular complexity index is 399. The molecule has 0 heterocycles. The fourth-order valence-corrected chi connectivity index (χ4v) is 3.26. The fraction of sp³-hybridized carbons (Fsp3) is 0.783. The average Bonchev–Trinajstić information content (AvgIpc) is 2.58. The van der Waals surface area contributed by atoms with Gasteiger partial charge in [0, 0.05) is 5.57 Å². The summed E-state index contributed by atoms with van der Waals surface area (Å²) in [6.45, 7) is 7.77. The monoisotopic (exact) mass is 365 g/mol. The van der Waals surface area contributed by atoms with Crippen molar-refractivity contribution in [3.8, 4) is 0 Å². The van der Waals surface area contributed by atoms with Gasteiger partial charge in [-0.2, -0.15) is 0 Å². The highest BCUT2D eigenvalue weighted by atomic mass is 16.1. The lowest BCUT2D eigenvalue weighted by Crippen LogP contribution is -2.40. The van der Waals surface area contributed by atoms with E-state index in [4.69, 9.17) is 5.73 Å². The lowest BCUT2D eigenvalue weighted by atomic mass is 10.0. The summed E-state index contributed by atoms with van der Waals surface area (Å²) in [6, 6.07) is 0. The first-order chi connectivity index (χ1) is 12.4. The lowest BCUT2D eigenvalue weighted by molar-refractivity contribution is -0.878. The fourth-order valence-electron chi connectivity index (χ4n) is 3.26. The summed E-state index contributed by atoms with van der Waals surface area (Å²) < 4.78 is 0.804. The molecule has 0 bridgehead atoms. The van der Waals surface area contributed by atoms with Gasteiger partial charge in [-0.15, -0.1) is 0 Å². The van der Waals surface area contributed by atoms with Gasteiger partial charge in [-0.1, -0.05) is 84.1 Å². The van der Waals surface area contributed by atoms with Gasteiger partial charge < -0.3 is 10.2 Å². The van der Waals surface area contributed by atoms with E-state index in [1.54, 1.807) is 0 Å². The molecule has 0 aliphatic rings. The third kappa shape index (κ3) is 15.2. The van der Waals surface area contributed by atoms with Gasteiger partial charge in [-0.3, -0.25) is 4.79 Å². The molecule has 0 aliphatic heterocycles. The quantitative estimate of drug-likeness (QED) is 0.143. The van der Waals surface area contributed by atoms with Crippen LogP contribution in [0.4, 0.5) is 0 Å². The van der Waals surface area contributed by atoms with Crippen molar-refractivity contribution >= 4 is 5.91 Å². The summed E-state index contributed by atoms with van der Waals surface area (Å²) in [7, 11) is 4.28. The molecule has 0 saturated heterocycles. The number of nitrogens with two attached hydrogens (primary N) is 1. The van der Waals surface area contributed by atoms with Crippen molar-refractivity contribution < 1.29 is 9.28 Å². The van der Waals surface area contributed by atoms with Crippen molar-refractivity contribution in [1.82, 2.24) is 0 Å². The molecule has 3 heteroatoms. The Labute approximate surface area is 163 Å². The van der Waals surface area contributed by atoms with Gasteiger partial charge in [-0.25, -0.2) is 0 Å². The lowest BCUT2D eigenvalue weighted by Gasteiger charge is -2.27. The van der Waals surface area contributed by atoms with Gasteiger partial charge in [0.15, 0.2) is 0 Å². The van der Waals surface area contributed by atoms with E-state index in [2.05, 4.69) is 27.6 Å². The maximum Gasteiger partial charge on any atom is 0.244 e. The molecule has 0 rings (SSSR count). The molecule has 0 atom stereocenters. The molecule has 0 saturated carbocycles. The number of hydrogen-bond donors (Lipinski definition) is 1.